The lowest BCUT2D eigenvalue weighted by atomic mass is 10.1. The van der Waals surface area contributed by atoms with Crippen molar-refractivity contribution < 1.29 is 13.9 Å². The van der Waals surface area contributed by atoms with Crippen molar-refractivity contribution in [3.63, 3.8) is 0 Å². The van der Waals surface area contributed by atoms with Crippen molar-refractivity contribution in [2.45, 2.75) is 26.3 Å². The predicted octanol–water partition coefficient (Wildman–Crippen LogP) is 3.44. The topological polar surface area (TPSA) is 42.7 Å². The minimum absolute atomic E-state index is 0.0584. The zero-order valence-corrected chi connectivity index (χ0v) is 12.7. The fraction of sp³-hybridized carbons (Fsp3) is 0.353. The van der Waals surface area contributed by atoms with Gasteiger partial charge in [0.25, 0.3) is 0 Å². The molecule has 1 unspecified atom stereocenters. The molecule has 0 N–H and O–H groups in total. The van der Waals surface area contributed by atoms with Gasteiger partial charge >= 0.3 is 0 Å². The lowest BCUT2D eigenvalue weighted by molar-refractivity contribution is -0.131. The summed E-state index contributed by atoms with van der Waals surface area (Å²) < 4.78 is 10.7. The number of carbonyl (C=O) groups excluding carboxylic acids is 1. The van der Waals surface area contributed by atoms with Gasteiger partial charge in [0.1, 0.15) is 11.5 Å². The number of nitrogens with zero attached hydrogens (tertiary/aromatic N) is 1. The van der Waals surface area contributed by atoms with Gasteiger partial charge in [-0.1, -0.05) is 12.1 Å². The van der Waals surface area contributed by atoms with Crippen LogP contribution in [0.1, 0.15) is 31.2 Å². The molecule has 0 fully saturated rings. The Morgan fingerprint density at radius 2 is 2.00 bits per heavy atom. The minimum atomic E-state index is -0.0739. The number of furan rings is 1. The van der Waals surface area contributed by atoms with Gasteiger partial charge in [-0.05, 0) is 43.7 Å². The van der Waals surface area contributed by atoms with E-state index in [2.05, 4.69) is 0 Å². The van der Waals surface area contributed by atoms with Gasteiger partial charge in [-0.2, -0.15) is 0 Å². The maximum absolute atomic E-state index is 12.3. The number of rotatable bonds is 6. The largest absolute Gasteiger partial charge is 0.494 e. The van der Waals surface area contributed by atoms with Crippen LogP contribution in [0.5, 0.6) is 5.75 Å². The fourth-order valence-electron chi connectivity index (χ4n) is 2.11. The van der Waals surface area contributed by atoms with Gasteiger partial charge in [0.2, 0.25) is 5.91 Å². The average molecular weight is 287 g/mol. The molecule has 0 aliphatic rings. The molecule has 21 heavy (non-hydrogen) atoms. The molecule has 1 heterocycles. The first-order chi connectivity index (χ1) is 10.1. The summed E-state index contributed by atoms with van der Waals surface area (Å²) in [4.78, 5) is 14.0. The van der Waals surface area contributed by atoms with E-state index in [4.69, 9.17) is 9.15 Å². The molecular formula is C17H21NO3. The average Bonchev–Trinajstić information content (AvgIpc) is 3.02. The summed E-state index contributed by atoms with van der Waals surface area (Å²) in [6, 6.07) is 11.3. The molecule has 4 nitrogen and oxygen atoms in total. The quantitative estimate of drug-likeness (QED) is 0.817. The third-order valence-corrected chi connectivity index (χ3v) is 3.52. The second kappa shape index (κ2) is 6.97. The van der Waals surface area contributed by atoms with Crippen LogP contribution in [0.25, 0.3) is 0 Å². The van der Waals surface area contributed by atoms with Crippen molar-refractivity contribution in [1.29, 1.82) is 0 Å². The van der Waals surface area contributed by atoms with Gasteiger partial charge in [0.15, 0.2) is 0 Å². The first kappa shape index (κ1) is 15.2. The van der Waals surface area contributed by atoms with Gasteiger partial charge in [-0.15, -0.1) is 0 Å². The van der Waals surface area contributed by atoms with Crippen LogP contribution in [0.2, 0.25) is 0 Å². The van der Waals surface area contributed by atoms with E-state index in [1.807, 2.05) is 50.2 Å². The zero-order valence-electron chi connectivity index (χ0n) is 12.7. The number of likely N-dealkylation sites (N-methyl/N-ethyl adjacent to an activating group) is 1. The molecule has 4 heteroatoms. The molecule has 0 radical (unpaired) electrons. The summed E-state index contributed by atoms with van der Waals surface area (Å²) >= 11 is 0. The molecule has 0 aliphatic carbocycles. The number of hydrogen-bond donors (Lipinski definition) is 0. The number of carbonyl (C=O) groups is 1. The highest BCUT2D eigenvalue weighted by molar-refractivity contribution is 5.78. The van der Waals surface area contributed by atoms with E-state index in [1.54, 1.807) is 18.2 Å². The number of hydrogen-bond acceptors (Lipinski definition) is 3. The van der Waals surface area contributed by atoms with Crippen LogP contribution in [0.4, 0.5) is 0 Å². The highest BCUT2D eigenvalue weighted by atomic mass is 16.5. The highest BCUT2D eigenvalue weighted by Gasteiger charge is 2.19. The Balaban J connectivity index is 1.97. The number of amides is 1. The highest BCUT2D eigenvalue weighted by Crippen LogP contribution is 2.20. The molecule has 0 bridgehead atoms. The maximum Gasteiger partial charge on any atom is 0.227 e. The molecule has 2 rings (SSSR count). The van der Waals surface area contributed by atoms with Gasteiger partial charge in [0.05, 0.1) is 25.3 Å². The summed E-state index contributed by atoms with van der Waals surface area (Å²) in [5.74, 6) is 1.67. The van der Waals surface area contributed by atoms with Crippen molar-refractivity contribution in [1.82, 2.24) is 4.90 Å². The lowest BCUT2D eigenvalue weighted by Gasteiger charge is -2.23. The van der Waals surface area contributed by atoms with E-state index in [0.29, 0.717) is 13.0 Å². The smallest absolute Gasteiger partial charge is 0.227 e. The SMILES string of the molecule is CCOc1ccc(CC(=O)N(C)C(C)c2ccco2)cc1. The number of benzene rings is 1. The van der Waals surface area contributed by atoms with Gasteiger partial charge < -0.3 is 14.1 Å². The maximum atomic E-state index is 12.3. The monoisotopic (exact) mass is 287 g/mol. The molecule has 1 aromatic carbocycles. The van der Waals surface area contributed by atoms with Gasteiger partial charge in [-0.3, -0.25) is 4.79 Å². The Morgan fingerprint density at radius 3 is 2.57 bits per heavy atom. The summed E-state index contributed by atoms with van der Waals surface area (Å²) in [7, 11) is 1.80. The van der Waals surface area contributed by atoms with Crippen LogP contribution >= 0.6 is 0 Å². The van der Waals surface area contributed by atoms with Crippen LogP contribution in [-0.4, -0.2) is 24.5 Å². The van der Waals surface area contributed by atoms with Crippen molar-refractivity contribution in [3.05, 3.63) is 54.0 Å². The Hall–Kier alpha value is -2.23. The molecule has 1 amide bonds. The number of ether oxygens (including phenoxy) is 1. The summed E-state index contributed by atoms with van der Waals surface area (Å²) in [6.45, 7) is 4.54. The second-order valence-corrected chi connectivity index (χ2v) is 4.95. The Morgan fingerprint density at radius 1 is 1.29 bits per heavy atom. The van der Waals surface area contributed by atoms with E-state index >= 15 is 0 Å². The molecule has 2 aromatic rings. The van der Waals surface area contributed by atoms with Crippen LogP contribution in [-0.2, 0) is 11.2 Å². The summed E-state index contributed by atoms with van der Waals surface area (Å²) in [5.41, 5.74) is 0.974. The normalized spacial score (nSPS) is 12.0. The van der Waals surface area contributed by atoms with E-state index in [9.17, 15) is 4.79 Å². The van der Waals surface area contributed by atoms with Gasteiger partial charge in [-0.25, -0.2) is 0 Å². The van der Waals surface area contributed by atoms with Crippen molar-refractivity contribution in [2.24, 2.45) is 0 Å². The molecule has 1 aromatic heterocycles. The van der Waals surface area contributed by atoms with Crippen LogP contribution in [0, 0.1) is 0 Å². The Kier molecular flexibility index (Phi) is 5.04. The van der Waals surface area contributed by atoms with Crippen molar-refractivity contribution in [2.75, 3.05) is 13.7 Å². The Bertz CT molecular complexity index is 560. The van der Waals surface area contributed by atoms with Crippen LogP contribution < -0.4 is 4.74 Å². The van der Waals surface area contributed by atoms with Gasteiger partial charge in [0, 0.05) is 7.05 Å². The third-order valence-electron chi connectivity index (χ3n) is 3.52. The molecule has 0 saturated heterocycles. The fourth-order valence-corrected chi connectivity index (χ4v) is 2.11. The van der Waals surface area contributed by atoms with E-state index in [1.165, 1.54) is 0 Å². The molecular weight excluding hydrogens is 266 g/mol. The van der Waals surface area contributed by atoms with E-state index < -0.39 is 0 Å². The standard InChI is InChI=1S/C17H21NO3/c1-4-20-15-9-7-14(8-10-15)12-17(19)18(3)13(2)16-6-5-11-21-16/h5-11,13H,4,12H2,1-3H3. The zero-order chi connectivity index (χ0) is 15.2. The molecule has 0 saturated carbocycles. The molecule has 0 aliphatic heterocycles. The predicted molar refractivity (Wildman–Crippen MR) is 81.2 cm³/mol. The first-order valence-electron chi connectivity index (χ1n) is 7.12. The van der Waals surface area contributed by atoms with Crippen LogP contribution in [0.15, 0.2) is 47.1 Å². The van der Waals surface area contributed by atoms with Crippen molar-refractivity contribution in [3.8, 4) is 5.75 Å². The van der Waals surface area contributed by atoms with E-state index in [0.717, 1.165) is 17.1 Å². The first-order valence-corrected chi connectivity index (χ1v) is 7.12. The lowest BCUT2D eigenvalue weighted by Crippen LogP contribution is -2.30. The molecule has 112 valence electrons. The summed E-state index contributed by atoms with van der Waals surface area (Å²) in [5, 5.41) is 0. The third kappa shape index (κ3) is 3.88. The second-order valence-electron chi connectivity index (χ2n) is 4.95. The Labute approximate surface area is 125 Å². The molecule has 0 spiro atoms. The van der Waals surface area contributed by atoms with Crippen molar-refractivity contribution >= 4 is 5.91 Å². The van der Waals surface area contributed by atoms with Crippen LogP contribution in [0.3, 0.4) is 0 Å². The summed E-state index contributed by atoms with van der Waals surface area (Å²) in [6.07, 6.45) is 1.99. The minimum Gasteiger partial charge on any atom is -0.494 e. The van der Waals surface area contributed by atoms with E-state index in [-0.39, 0.29) is 11.9 Å². The molecule has 1 atom stereocenters.